The maximum absolute atomic E-state index is 14.0. The number of nitrogens with one attached hydrogen (secondary N) is 1. The van der Waals surface area contributed by atoms with Crippen molar-refractivity contribution in [2.45, 2.75) is 31.3 Å². The first-order chi connectivity index (χ1) is 15.5. The molecule has 0 bridgehead atoms. The number of rotatable bonds is 1. The van der Waals surface area contributed by atoms with Crippen molar-refractivity contribution >= 4 is 29.1 Å². The van der Waals surface area contributed by atoms with Crippen LogP contribution in [0.25, 0.3) is 0 Å². The minimum atomic E-state index is -1.15. The third-order valence-corrected chi connectivity index (χ3v) is 7.76. The molecular weight excluding hydrogens is 410 g/mol. The van der Waals surface area contributed by atoms with Crippen molar-refractivity contribution in [1.29, 1.82) is 0 Å². The maximum Gasteiger partial charge on any atom is 0.250 e. The fourth-order valence-electron chi connectivity index (χ4n) is 6.60. The molecule has 0 aromatic heterocycles. The summed E-state index contributed by atoms with van der Waals surface area (Å²) in [5.74, 6) is -0.963. The van der Waals surface area contributed by atoms with Crippen molar-refractivity contribution in [3.8, 4) is 11.5 Å². The molecule has 2 aromatic rings. The largest absolute Gasteiger partial charge is 0.454 e. The van der Waals surface area contributed by atoms with Gasteiger partial charge in [0.05, 0.1) is 17.5 Å². The zero-order valence-electron chi connectivity index (χ0n) is 17.5. The van der Waals surface area contributed by atoms with Gasteiger partial charge in [-0.1, -0.05) is 17.7 Å². The van der Waals surface area contributed by atoms with Crippen LogP contribution in [-0.2, 0) is 19.9 Å². The van der Waals surface area contributed by atoms with Crippen molar-refractivity contribution < 1.29 is 23.9 Å². The monoisotopic (exact) mass is 431 g/mol. The van der Waals surface area contributed by atoms with Gasteiger partial charge >= 0.3 is 0 Å². The van der Waals surface area contributed by atoms with E-state index in [4.69, 9.17) is 9.47 Å². The molecular formula is C24H21N3O5. The van der Waals surface area contributed by atoms with Crippen LogP contribution in [0.15, 0.2) is 36.4 Å². The van der Waals surface area contributed by atoms with Gasteiger partial charge in [0.15, 0.2) is 11.5 Å². The highest BCUT2D eigenvalue weighted by Crippen LogP contribution is 2.60. The Bertz CT molecular complexity index is 1240. The second kappa shape index (κ2) is 5.89. The lowest BCUT2D eigenvalue weighted by Gasteiger charge is -2.36. The van der Waals surface area contributed by atoms with E-state index in [-0.39, 0.29) is 30.6 Å². The van der Waals surface area contributed by atoms with Crippen molar-refractivity contribution in [2.24, 2.45) is 11.8 Å². The van der Waals surface area contributed by atoms with Crippen molar-refractivity contribution in [3.05, 3.63) is 47.5 Å². The second-order valence-corrected chi connectivity index (χ2v) is 9.23. The molecule has 5 heterocycles. The van der Waals surface area contributed by atoms with E-state index in [9.17, 15) is 14.4 Å². The molecule has 8 heteroatoms. The first-order valence-corrected chi connectivity index (χ1v) is 11.0. The molecule has 0 unspecified atom stereocenters. The molecule has 0 aliphatic carbocycles. The van der Waals surface area contributed by atoms with Gasteiger partial charge in [0, 0.05) is 23.4 Å². The molecule has 162 valence electrons. The molecule has 32 heavy (non-hydrogen) atoms. The van der Waals surface area contributed by atoms with E-state index in [1.54, 1.807) is 18.2 Å². The van der Waals surface area contributed by atoms with E-state index < -0.39 is 17.4 Å². The summed E-state index contributed by atoms with van der Waals surface area (Å²) in [5.41, 5.74) is 1.87. The van der Waals surface area contributed by atoms with Crippen LogP contribution in [0.1, 0.15) is 24.0 Å². The summed E-state index contributed by atoms with van der Waals surface area (Å²) in [5, 5.41) is 3.01. The molecule has 2 aromatic carbocycles. The van der Waals surface area contributed by atoms with Crippen LogP contribution in [0.2, 0.25) is 0 Å². The van der Waals surface area contributed by atoms with Crippen LogP contribution in [0.5, 0.6) is 11.5 Å². The Hall–Kier alpha value is -3.39. The SMILES string of the molecule is Cc1ccc2c(c1)[C@]1(C(=O)N2)[C@@H]2C(=O)N(c3ccc4c(c3)OCO4)C(=O)[C@@H]2[C@@H]2CCCN21. The zero-order valence-corrected chi connectivity index (χ0v) is 17.5. The molecule has 3 saturated heterocycles. The zero-order chi connectivity index (χ0) is 21.8. The van der Waals surface area contributed by atoms with Crippen LogP contribution in [-0.4, -0.2) is 42.0 Å². The number of carbonyl (C=O) groups is 3. The highest BCUT2D eigenvalue weighted by Gasteiger charge is 2.74. The van der Waals surface area contributed by atoms with Gasteiger partial charge < -0.3 is 14.8 Å². The van der Waals surface area contributed by atoms with Crippen LogP contribution in [0.3, 0.4) is 0 Å². The summed E-state index contributed by atoms with van der Waals surface area (Å²) < 4.78 is 10.8. The molecule has 0 radical (unpaired) electrons. The van der Waals surface area contributed by atoms with Crippen molar-refractivity contribution in [1.82, 2.24) is 4.90 Å². The molecule has 8 nitrogen and oxygen atoms in total. The lowest BCUT2D eigenvalue weighted by Crippen LogP contribution is -2.54. The number of hydrogen-bond acceptors (Lipinski definition) is 6. The first kappa shape index (κ1) is 18.2. The number of benzene rings is 2. The second-order valence-electron chi connectivity index (χ2n) is 9.23. The van der Waals surface area contributed by atoms with Crippen LogP contribution in [0, 0.1) is 18.8 Å². The van der Waals surface area contributed by atoms with Crippen LogP contribution < -0.4 is 19.7 Å². The molecule has 7 rings (SSSR count). The molecule has 3 fully saturated rings. The van der Waals surface area contributed by atoms with Gasteiger partial charge in [-0.25, -0.2) is 4.90 Å². The summed E-state index contributed by atoms with van der Waals surface area (Å²) >= 11 is 0. The van der Waals surface area contributed by atoms with E-state index in [1.165, 1.54) is 4.90 Å². The number of ether oxygens (including phenoxy) is 2. The lowest BCUT2D eigenvalue weighted by molar-refractivity contribution is -0.135. The van der Waals surface area contributed by atoms with E-state index in [0.29, 0.717) is 23.7 Å². The van der Waals surface area contributed by atoms with Crippen molar-refractivity contribution in [3.63, 3.8) is 0 Å². The number of aryl methyl sites for hydroxylation is 1. The number of fused-ring (bicyclic) bond motifs is 8. The average Bonchev–Trinajstić information content (AvgIpc) is 3.55. The minimum absolute atomic E-state index is 0.113. The number of hydrogen-bond donors (Lipinski definition) is 1. The van der Waals surface area contributed by atoms with E-state index >= 15 is 0 Å². The summed E-state index contributed by atoms with van der Waals surface area (Å²) in [7, 11) is 0. The molecule has 1 N–H and O–H groups in total. The first-order valence-electron chi connectivity index (χ1n) is 11.0. The summed E-state index contributed by atoms with van der Waals surface area (Å²) in [6, 6.07) is 10.8. The van der Waals surface area contributed by atoms with Gasteiger partial charge in [0.25, 0.3) is 0 Å². The summed E-state index contributed by atoms with van der Waals surface area (Å²) in [4.78, 5) is 44.7. The summed E-state index contributed by atoms with van der Waals surface area (Å²) in [6.07, 6.45) is 1.70. The molecule has 5 aliphatic rings. The standard InChI is InChI=1S/C24H21N3O5/c1-12-4-6-15-14(9-12)24(23(30)25-15)20-19(16-3-2-8-26(16)24)21(28)27(22(20)29)13-5-7-17-18(10-13)32-11-31-17/h4-7,9-10,16,19-20H,2-3,8,11H2,1H3,(H,25,30)/t16-,19+,20-,24+/m0/s1. The van der Waals surface area contributed by atoms with Crippen LogP contribution >= 0.6 is 0 Å². The number of anilines is 2. The topological polar surface area (TPSA) is 88.2 Å². The van der Waals surface area contributed by atoms with Crippen LogP contribution in [0.4, 0.5) is 11.4 Å². The van der Waals surface area contributed by atoms with Gasteiger partial charge in [-0.2, -0.15) is 0 Å². The minimum Gasteiger partial charge on any atom is -0.454 e. The van der Waals surface area contributed by atoms with E-state index in [2.05, 4.69) is 10.2 Å². The fraction of sp³-hybridized carbons (Fsp3) is 0.375. The van der Waals surface area contributed by atoms with Gasteiger partial charge in [-0.3, -0.25) is 19.3 Å². The van der Waals surface area contributed by atoms with Gasteiger partial charge in [0.1, 0.15) is 5.54 Å². The lowest BCUT2D eigenvalue weighted by atomic mass is 9.75. The quantitative estimate of drug-likeness (QED) is 0.697. The molecule has 0 saturated carbocycles. The Morgan fingerprint density at radius 2 is 1.88 bits per heavy atom. The summed E-state index contributed by atoms with van der Waals surface area (Å²) in [6.45, 7) is 2.79. The molecule has 5 aliphatic heterocycles. The number of carbonyl (C=O) groups excluding carboxylic acids is 3. The van der Waals surface area contributed by atoms with Crippen molar-refractivity contribution in [2.75, 3.05) is 23.6 Å². The Morgan fingerprint density at radius 3 is 2.75 bits per heavy atom. The predicted molar refractivity (Wildman–Crippen MR) is 113 cm³/mol. The van der Waals surface area contributed by atoms with Gasteiger partial charge in [-0.15, -0.1) is 0 Å². The van der Waals surface area contributed by atoms with E-state index in [0.717, 1.165) is 29.7 Å². The Kier molecular flexibility index (Phi) is 3.35. The molecule has 1 spiro atoms. The third-order valence-electron chi connectivity index (χ3n) is 7.76. The molecule has 4 atom stereocenters. The number of imide groups is 1. The van der Waals surface area contributed by atoms with Gasteiger partial charge in [0.2, 0.25) is 24.5 Å². The highest BCUT2D eigenvalue weighted by atomic mass is 16.7. The third kappa shape index (κ3) is 1.95. The van der Waals surface area contributed by atoms with Gasteiger partial charge in [-0.05, 0) is 44.5 Å². The normalized spacial score (nSPS) is 32.0. The number of nitrogens with zero attached hydrogens (tertiary/aromatic N) is 2. The highest BCUT2D eigenvalue weighted by molar-refractivity contribution is 6.26. The Labute approximate surface area is 184 Å². The number of amides is 3. The average molecular weight is 431 g/mol. The predicted octanol–water partition coefficient (Wildman–Crippen LogP) is 2.15. The molecule has 3 amide bonds. The fourth-order valence-corrected chi connectivity index (χ4v) is 6.60. The van der Waals surface area contributed by atoms with E-state index in [1.807, 2.05) is 25.1 Å². The maximum atomic E-state index is 14.0. The Morgan fingerprint density at radius 1 is 1.03 bits per heavy atom. The smallest absolute Gasteiger partial charge is 0.250 e. The Balaban J connectivity index is 1.41.